The maximum absolute atomic E-state index is 2.80. The van der Waals surface area contributed by atoms with Gasteiger partial charge in [0.25, 0.3) is 0 Å². The highest BCUT2D eigenvalue weighted by Gasteiger charge is 2.97. The molecular weight excluding hydrogens is 357 g/mol. The SMILES string of the molecule is CCC(C)(C)C12C=CP3C4(C(C)(C)CC)P1C=CP2C34C(C)(C)CC. The molecule has 0 aromatic heterocycles. The first kappa shape index (κ1) is 19.1. The molecule has 0 aromatic rings. The van der Waals surface area contributed by atoms with E-state index in [1.54, 1.807) is 0 Å². The Kier molecular flexibility index (Phi) is 3.84. The van der Waals surface area contributed by atoms with Gasteiger partial charge in [-0.15, -0.1) is 0 Å². The van der Waals surface area contributed by atoms with E-state index in [2.05, 4.69) is 85.8 Å². The zero-order chi connectivity index (χ0) is 18.7. The van der Waals surface area contributed by atoms with Crippen LogP contribution in [0.5, 0.6) is 0 Å². The molecule has 6 bridgehead atoms. The molecule has 2 saturated heterocycles. The van der Waals surface area contributed by atoms with Gasteiger partial charge in [0.15, 0.2) is 0 Å². The van der Waals surface area contributed by atoms with Gasteiger partial charge in [-0.2, -0.15) is 0 Å². The zero-order valence-electron chi connectivity index (χ0n) is 17.8. The van der Waals surface area contributed by atoms with E-state index in [0.29, 0.717) is 30.9 Å². The van der Waals surface area contributed by atoms with Crippen LogP contribution in [0.15, 0.2) is 23.5 Å². The Bertz CT molecular complexity index is 631. The Hall–Kier alpha value is 0.770. The van der Waals surface area contributed by atoms with Gasteiger partial charge in [-0.3, -0.25) is 0 Å². The second-order valence-electron chi connectivity index (χ2n) is 10.5. The fourth-order valence-corrected chi connectivity index (χ4v) is 27.7. The Morgan fingerprint density at radius 1 is 0.600 bits per heavy atom. The van der Waals surface area contributed by atoms with Gasteiger partial charge in [0.05, 0.1) is 0 Å². The summed E-state index contributed by atoms with van der Waals surface area (Å²) < 4.78 is 0. The predicted molar refractivity (Wildman–Crippen MR) is 119 cm³/mol. The lowest BCUT2D eigenvalue weighted by molar-refractivity contribution is 0.245. The fraction of sp³-hybridized carbons (Fsp3) is 0.818. The molecule has 0 amide bonds. The molecule has 4 atom stereocenters. The molecule has 5 heterocycles. The number of allylic oxidation sites excluding steroid dienone is 1. The highest BCUT2D eigenvalue weighted by molar-refractivity contribution is 8.09. The van der Waals surface area contributed by atoms with Crippen LogP contribution in [0.3, 0.4) is 0 Å². The summed E-state index contributed by atoms with van der Waals surface area (Å²) in [5.41, 5.74) is 1.37. The van der Waals surface area contributed by atoms with Crippen molar-refractivity contribution in [2.45, 2.75) is 96.3 Å². The molecule has 0 aromatic carbocycles. The van der Waals surface area contributed by atoms with Crippen LogP contribution in [0.25, 0.3) is 0 Å². The minimum atomic E-state index is -0.0543. The van der Waals surface area contributed by atoms with Gasteiger partial charge in [0.2, 0.25) is 0 Å². The van der Waals surface area contributed by atoms with Crippen molar-refractivity contribution in [1.29, 1.82) is 0 Å². The number of hydrogen-bond acceptors (Lipinski definition) is 0. The lowest BCUT2D eigenvalue weighted by Crippen LogP contribution is -2.42. The molecule has 0 radical (unpaired) electrons. The summed E-state index contributed by atoms with van der Waals surface area (Å²) in [6.07, 6.45) is 6.76. The van der Waals surface area contributed by atoms with E-state index >= 15 is 0 Å². The minimum absolute atomic E-state index is 0.0379. The molecule has 0 saturated carbocycles. The van der Waals surface area contributed by atoms with Gasteiger partial charge in [0, 0.05) is 14.7 Å². The molecule has 5 aliphatic heterocycles. The van der Waals surface area contributed by atoms with Crippen molar-refractivity contribution in [2.75, 3.05) is 0 Å². The van der Waals surface area contributed by atoms with Gasteiger partial charge in [-0.25, -0.2) is 0 Å². The summed E-state index contributed by atoms with van der Waals surface area (Å²) >= 11 is 0. The Labute approximate surface area is 159 Å². The fourth-order valence-electron chi connectivity index (χ4n) is 6.54. The Morgan fingerprint density at radius 2 is 1.00 bits per heavy atom. The van der Waals surface area contributed by atoms with Crippen LogP contribution >= 0.6 is 23.8 Å². The van der Waals surface area contributed by atoms with Crippen molar-refractivity contribution in [3.8, 4) is 0 Å². The highest BCUT2D eigenvalue weighted by Crippen LogP contribution is 3.21. The maximum Gasteiger partial charge on any atom is 0.0425 e. The minimum Gasteiger partial charge on any atom is -0.0681 e. The molecule has 0 spiro atoms. The van der Waals surface area contributed by atoms with Crippen LogP contribution in [-0.2, 0) is 0 Å². The quantitative estimate of drug-likeness (QED) is 0.395. The van der Waals surface area contributed by atoms with Crippen molar-refractivity contribution < 1.29 is 0 Å². The predicted octanol–water partition coefficient (Wildman–Crippen LogP) is 8.87. The van der Waals surface area contributed by atoms with Crippen LogP contribution in [0.2, 0.25) is 0 Å². The zero-order valence-corrected chi connectivity index (χ0v) is 20.5. The molecule has 5 aliphatic rings. The first-order chi connectivity index (χ1) is 11.5. The lowest BCUT2D eigenvalue weighted by Gasteiger charge is -2.54. The van der Waals surface area contributed by atoms with E-state index in [-0.39, 0.29) is 23.8 Å². The van der Waals surface area contributed by atoms with Crippen LogP contribution in [0.1, 0.15) is 81.6 Å². The average Bonchev–Trinajstić information content (AvgIpc) is 3.02. The maximum atomic E-state index is 2.80. The summed E-state index contributed by atoms with van der Waals surface area (Å²) in [4.78, 5) is 1.74. The van der Waals surface area contributed by atoms with E-state index in [1.807, 2.05) is 0 Å². The Balaban J connectivity index is 2.03. The largest absolute Gasteiger partial charge is 0.0681 e. The highest BCUT2D eigenvalue weighted by atomic mass is 31.2. The monoisotopic (exact) mass is 394 g/mol. The summed E-state index contributed by atoms with van der Waals surface area (Å²) in [5, 5.41) is 0. The molecule has 0 aliphatic carbocycles. The Morgan fingerprint density at radius 3 is 1.36 bits per heavy atom. The average molecular weight is 394 g/mol. The normalized spacial score (nSPS) is 46.8. The molecular formula is C22H37P3. The van der Waals surface area contributed by atoms with Crippen molar-refractivity contribution in [3.63, 3.8) is 0 Å². The number of rotatable bonds is 6. The summed E-state index contributed by atoms with van der Waals surface area (Å²) in [6.45, 7) is 23.1. The molecule has 25 heavy (non-hydrogen) atoms. The topological polar surface area (TPSA) is 0 Å². The van der Waals surface area contributed by atoms with Crippen molar-refractivity contribution in [1.82, 2.24) is 0 Å². The molecule has 4 unspecified atom stereocenters. The second-order valence-corrected chi connectivity index (χ2v) is 18.8. The molecule has 2 fully saturated rings. The van der Waals surface area contributed by atoms with Gasteiger partial charge in [-0.1, -0.05) is 110 Å². The van der Waals surface area contributed by atoms with Crippen LogP contribution in [-0.4, -0.2) is 14.7 Å². The summed E-state index contributed by atoms with van der Waals surface area (Å²) in [6, 6.07) is 0. The van der Waals surface area contributed by atoms with E-state index in [9.17, 15) is 0 Å². The van der Waals surface area contributed by atoms with Crippen molar-refractivity contribution >= 4 is 23.8 Å². The standard InChI is InChI=1S/C22H37P3/c1-10-17(4,5)20-13-14-25-21(18(6,7)11-2)22(25,19(8,9)12-3)24(20)16-15-23(20)21/h13-16H,10-12H2,1-9H3. The molecule has 140 valence electrons. The summed E-state index contributed by atoms with van der Waals surface area (Å²) in [5.74, 6) is 8.36. The molecule has 0 N–H and O–H groups in total. The van der Waals surface area contributed by atoms with Crippen LogP contribution < -0.4 is 0 Å². The lowest BCUT2D eigenvalue weighted by atomic mass is 9.75. The first-order valence-electron chi connectivity index (χ1n) is 10.3. The summed E-state index contributed by atoms with van der Waals surface area (Å²) in [7, 11) is -0.0706. The van der Waals surface area contributed by atoms with Gasteiger partial charge >= 0.3 is 0 Å². The molecule has 0 nitrogen and oxygen atoms in total. The van der Waals surface area contributed by atoms with Gasteiger partial charge in [-0.05, 0) is 35.5 Å². The van der Waals surface area contributed by atoms with E-state index in [0.717, 1.165) is 0 Å². The van der Waals surface area contributed by atoms with Gasteiger partial charge in [0.1, 0.15) is 0 Å². The third-order valence-electron chi connectivity index (χ3n) is 8.92. The van der Waals surface area contributed by atoms with Crippen molar-refractivity contribution in [2.24, 2.45) is 16.2 Å². The number of hydrogen-bond donors (Lipinski definition) is 0. The van der Waals surface area contributed by atoms with E-state index in [4.69, 9.17) is 0 Å². The van der Waals surface area contributed by atoms with E-state index < -0.39 is 0 Å². The van der Waals surface area contributed by atoms with E-state index in [1.165, 1.54) is 19.3 Å². The van der Waals surface area contributed by atoms with Crippen LogP contribution in [0, 0.1) is 16.2 Å². The van der Waals surface area contributed by atoms with Crippen molar-refractivity contribution in [3.05, 3.63) is 23.5 Å². The van der Waals surface area contributed by atoms with Crippen LogP contribution in [0.4, 0.5) is 0 Å². The van der Waals surface area contributed by atoms with Gasteiger partial charge < -0.3 is 0 Å². The smallest absolute Gasteiger partial charge is 0.0425 e. The second kappa shape index (κ2) is 5.03. The molecule has 3 heteroatoms. The third kappa shape index (κ3) is 1.56. The first-order valence-corrected chi connectivity index (χ1v) is 14.5. The molecule has 5 rings (SSSR count). The third-order valence-corrected chi connectivity index (χ3v) is 24.2.